The van der Waals surface area contributed by atoms with Crippen LogP contribution in [-0.2, 0) is 5.41 Å². The van der Waals surface area contributed by atoms with Gasteiger partial charge in [0.25, 0.3) is 0 Å². The van der Waals surface area contributed by atoms with Crippen molar-refractivity contribution < 1.29 is 0 Å². The van der Waals surface area contributed by atoms with Crippen LogP contribution in [0.4, 0.5) is 17.1 Å². The molecular weight excluding hydrogens is 713 g/mol. The Balaban J connectivity index is 1.20. The minimum absolute atomic E-state index is 0.270. The Hall–Kier alpha value is -7.42. The number of nitrogens with zero attached hydrogens (tertiary/aromatic N) is 2. The fraction of sp³-hybridized carbons (Fsp3) is 0.0526. The molecule has 0 saturated carbocycles. The highest BCUT2D eigenvalue weighted by atomic mass is 15.2. The molecule has 0 bridgehead atoms. The molecule has 0 N–H and O–H groups in total. The first-order valence-corrected chi connectivity index (χ1v) is 20.6. The second-order valence-electron chi connectivity index (χ2n) is 16.5. The number of para-hydroxylation sites is 2. The molecule has 0 radical (unpaired) electrons. The molecular formula is C57H40N2. The van der Waals surface area contributed by atoms with E-state index in [1.807, 2.05) is 0 Å². The third-order valence-corrected chi connectivity index (χ3v) is 12.9. The lowest BCUT2D eigenvalue weighted by molar-refractivity contribution is 0.661. The van der Waals surface area contributed by atoms with Crippen LogP contribution in [-0.4, -0.2) is 4.57 Å². The van der Waals surface area contributed by atoms with Crippen LogP contribution in [0.25, 0.3) is 82.1 Å². The third-order valence-electron chi connectivity index (χ3n) is 12.9. The molecule has 1 aliphatic rings. The van der Waals surface area contributed by atoms with E-state index in [4.69, 9.17) is 0 Å². The van der Waals surface area contributed by atoms with E-state index in [0.29, 0.717) is 0 Å². The Morgan fingerprint density at radius 1 is 0.390 bits per heavy atom. The van der Waals surface area contributed by atoms with Crippen molar-refractivity contribution in [1.82, 2.24) is 4.57 Å². The van der Waals surface area contributed by atoms with Crippen molar-refractivity contribution in [3.8, 4) is 27.9 Å². The highest BCUT2D eigenvalue weighted by molar-refractivity contribution is 6.14. The summed E-state index contributed by atoms with van der Waals surface area (Å²) in [6.45, 7) is 4.83. The van der Waals surface area contributed by atoms with Crippen molar-refractivity contribution in [1.29, 1.82) is 0 Å². The van der Waals surface area contributed by atoms with E-state index in [9.17, 15) is 0 Å². The summed E-state index contributed by atoms with van der Waals surface area (Å²) in [4.78, 5) is 2.57. The van der Waals surface area contributed by atoms with Crippen LogP contribution in [0.15, 0.2) is 206 Å². The molecule has 2 heteroatoms. The van der Waals surface area contributed by atoms with Gasteiger partial charge in [-0.1, -0.05) is 159 Å². The summed E-state index contributed by atoms with van der Waals surface area (Å²) in [6.07, 6.45) is 0. The van der Waals surface area contributed by atoms with Gasteiger partial charge in [-0.05, 0) is 121 Å². The van der Waals surface area contributed by atoms with E-state index < -0.39 is 0 Å². The Morgan fingerprint density at radius 3 is 1.81 bits per heavy atom. The van der Waals surface area contributed by atoms with Crippen molar-refractivity contribution in [2.45, 2.75) is 19.3 Å². The number of aromatic nitrogens is 1. The summed E-state index contributed by atoms with van der Waals surface area (Å²) in [5.74, 6) is 0. The number of hydrogen-bond acceptors (Lipinski definition) is 1. The monoisotopic (exact) mass is 752 g/mol. The van der Waals surface area contributed by atoms with Crippen LogP contribution < -0.4 is 4.90 Å². The highest BCUT2D eigenvalue weighted by Crippen LogP contribution is 2.56. The summed E-state index contributed by atoms with van der Waals surface area (Å²) in [7, 11) is 0. The van der Waals surface area contributed by atoms with Gasteiger partial charge in [-0.25, -0.2) is 0 Å². The lowest BCUT2D eigenvalue weighted by Crippen LogP contribution is -2.21. The Kier molecular flexibility index (Phi) is 7.31. The SMILES string of the molecule is CC1(C)c2cc3ccccc3cc2-c2cccc(N(c3ccc4c(c3)c3ccccc3n4-c3ccccc3)c3ccc4ccccc4c3-c3cccc4ccccc34)c21. The number of anilines is 3. The number of fused-ring (bicyclic) bond motifs is 9. The molecule has 0 atom stereocenters. The van der Waals surface area contributed by atoms with Crippen molar-refractivity contribution in [2.75, 3.05) is 4.90 Å². The second-order valence-corrected chi connectivity index (χ2v) is 16.5. The first-order valence-electron chi connectivity index (χ1n) is 20.6. The molecule has 0 unspecified atom stereocenters. The number of hydrogen-bond donors (Lipinski definition) is 0. The molecule has 0 aliphatic heterocycles. The summed E-state index contributed by atoms with van der Waals surface area (Å²) in [5, 5.41) is 9.93. The van der Waals surface area contributed by atoms with E-state index >= 15 is 0 Å². The summed E-state index contributed by atoms with van der Waals surface area (Å²) < 4.78 is 2.40. The van der Waals surface area contributed by atoms with E-state index in [2.05, 4.69) is 230 Å². The van der Waals surface area contributed by atoms with Gasteiger partial charge >= 0.3 is 0 Å². The first kappa shape index (κ1) is 33.7. The largest absolute Gasteiger partial charge is 0.309 e. The fourth-order valence-electron chi connectivity index (χ4n) is 10.3. The maximum atomic E-state index is 2.57. The zero-order chi connectivity index (χ0) is 39.2. The average Bonchev–Trinajstić information content (AvgIpc) is 3.73. The zero-order valence-corrected chi connectivity index (χ0v) is 33.0. The van der Waals surface area contributed by atoms with E-state index in [0.717, 1.165) is 17.1 Å². The van der Waals surface area contributed by atoms with Crippen LogP contribution in [0, 0.1) is 0 Å². The van der Waals surface area contributed by atoms with Gasteiger partial charge in [0.05, 0.1) is 22.4 Å². The van der Waals surface area contributed by atoms with Gasteiger partial charge in [0, 0.05) is 33.1 Å². The molecule has 2 nitrogen and oxygen atoms in total. The van der Waals surface area contributed by atoms with E-state index in [-0.39, 0.29) is 5.41 Å². The molecule has 0 spiro atoms. The highest BCUT2D eigenvalue weighted by Gasteiger charge is 2.39. The Bertz CT molecular complexity index is 3470. The van der Waals surface area contributed by atoms with Gasteiger partial charge in [-0.3, -0.25) is 0 Å². The predicted molar refractivity (Wildman–Crippen MR) is 251 cm³/mol. The van der Waals surface area contributed by atoms with Crippen molar-refractivity contribution >= 4 is 71.2 Å². The summed E-state index contributed by atoms with van der Waals surface area (Å²) in [6, 6.07) is 76.3. The van der Waals surface area contributed by atoms with Gasteiger partial charge in [-0.2, -0.15) is 0 Å². The Labute approximate surface area is 343 Å². The Morgan fingerprint density at radius 2 is 1.00 bits per heavy atom. The molecule has 10 aromatic carbocycles. The topological polar surface area (TPSA) is 8.17 Å². The summed E-state index contributed by atoms with van der Waals surface area (Å²) in [5.41, 5.74) is 14.5. The maximum Gasteiger partial charge on any atom is 0.0546 e. The van der Waals surface area contributed by atoms with Crippen molar-refractivity contribution in [3.63, 3.8) is 0 Å². The quantitative estimate of drug-likeness (QED) is 0.170. The van der Waals surface area contributed by atoms with Crippen LogP contribution in [0.3, 0.4) is 0 Å². The van der Waals surface area contributed by atoms with E-state index in [1.165, 1.54) is 93.2 Å². The maximum absolute atomic E-state index is 2.57. The predicted octanol–water partition coefficient (Wildman–Crippen LogP) is 15.7. The van der Waals surface area contributed by atoms with Gasteiger partial charge in [0.15, 0.2) is 0 Å². The van der Waals surface area contributed by atoms with Gasteiger partial charge in [-0.15, -0.1) is 0 Å². The molecule has 0 fully saturated rings. The van der Waals surface area contributed by atoms with Gasteiger partial charge in [0.2, 0.25) is 0 Å². The van der Waals surface area contributed by atoms with Crippen molar-refractivity contribution in [3.05, 3.63) is 217 Å². The molecule has 0 amide bonds. The molecule has 1 heterocycles. The second kappa shape index (κ2) is 12.8. The van der Waals surface area contributed by atoms with Gasteiger partial charge < -0.3 is 9.47 Å². The standard InChI is InChI=1S/C57H40N2/c1-57(2)50-35-40-19-7-6-18-39(40)34-48(50)47-27-15-29-54(56(47)57)59(42-31-33-52-49(36-42)45-25-12-13-28-51(45)58(52)41-21-4-3-5-22-41)53-32-30-38-17-9-11-24-44(38)55(53)46-26-14-20-37-16-8-10-23-43(37)46/h3-36H,1-2H3. The number of rotatable bonds is 5. The van der Waals surface area contributed by atoms with Crippen molar-refractivity contribution in [2.24, 2.45) is 0 Å². The minimum Gasteiger partial charge on any atom is -0.309 e. The third kappa shape index (κ3) is 5.00. The average molecular weight is 753 g/mol. The molecule has 59 heavy (non-hydrogen) atoms. The fourth-order valence-corrected chi connectivity index (χ4v) is 10.3. The van der Waals surface area contributed by atoms with Crippen LogP contribution >= 0.6 is 0 Å². The number of benzene rings is 10. The molecule has 0 saturated heterocycles. The smallest absolute Gasteiger partial charge is 0.0546 e. The lowest BCUT2D eigenvalue weighted by Gasteiger charge is -2.34. The first-order chi connectivity index (χ1) is 29.0. The van der Waals surface area contributed by atoms with E-state index in [1.54, 1.807) is 0 Å². The molecule has 1 aliphatic carbocycles. The van der Waals surface area contributed by atoms with Crippen LogP contribution in [0.2, 0.25) is 0 Å². The molecule has 1 aromatic heterocycles. The molecule has 278 valence electrons. The zero-order valence-electron chi connectivity index (χ0n) is 33.0. The summed E-state index contributed by atoms with van der Waals surface area (Å²) >= 11 is 0. The normalized spacial score (nSPS) is 13.1. The van der Waals surface area contributed by atoms with Crippen LogP contribution in [0.1, 0.15) is 25.0 Å². The molecule has 11 aromatic rings. The minimum atomic E-state index is -0.270. The van der Waals surface area contributed by atoms with Gasteiger partial charge in [0.1, 0.15) is 0 Å². The van der Waals surface area contributed by atoms with Crippen LogP contribution in [0.5, 0.6) is 0 Å². The lowest BCUT2D eigenvalue weighted by atomic mass is 9.80. The molecule has 12 rings (SSSR count).